The zero-order valence-corrected chi connectivity index (χ0v) is 19.0. The van der Waals surface area contributed by atoms with Crippen molar-refractivity contribution in [1.82, 2.24) is 0 Å². The van der Waals surface area contributed by atoms with Crippen molar-refractivity contribution in [2.45, 2.75) is 0 Å². The molecule has 0 fully saturated rings. The minimum atomic E-state index is -0.497. The summed E-state index contributed by atoms with van der Waals surface area (Å²) in [6.45, 7) is 0. The molecule has 33 heavy (non-hydrogen) atoms. The fraction of sp³-hybridized carbons (Fsp3) is 0.120. The number of carbonyl (C=O) groups is 2. The van der Waals surface area contributed by atoms with E-state index in [1.165, 1.54) is 14.2 Å². The van der Waals surface area contributed by atoms with Crippen LogP contribution in [-0.2, 0) is 9.59 Å². The molecular formula is C25H21ClN2O5. The Hall–Kier alpha value is -3.97. The number of ether oxygens (including phenoxy) is 3. The van der Waals surface area contributed by atoms with E-state index in [0.29, 0.717) is 39.2 Å². The molecule has 0 bridgehead atoms. The highest BCUT2D eigenvalue weighted by atomic mass is 35.5. The normalized spacial score (nSPS) is 13.4. The first-order chi connectivity index (χ1) is 16.0. The van der Waals surface area contributed by atoms with Gasteiger partial charge in [-0.1, -0.05) is 29.8 Å². The van der Waals surface area contributed by atoms with Crippen LogP contribution in [0.2, 0.25) is 5.02 Å². The van der Waals surface area contributed by atoms with Gasteiger partial charge in [-0.05, 0) is 48.0 Å². The van der Waals surface area contributed by atoms with Gasteiger partial charge in [0.1, 0.15) is 11.4 Å². The van der Waals surface area contributed by atoms with Gasteiger partial charge in [-0.15, -0.1) is 0 Å². The number of imide groups is 1. The van der Waals surface area contributed by atoms with Crippen LogP contribution in [-0.4, -0.2) is 33.1 Å². The van der Waals surface area contributed by atoms with Gasteiger partial charge in [-0.25, -0.2) is 4.90 Å². The maximum atomic E-state index is 13.5. The van der Waals surface area contributed by atoms with Gasteiger partial charge in [-0.2, -0.15) is 0 Å². The fourth-order valence-electron chi connectivity index (χ4n) is 3.58. The number of amides is 2. The van der Waals surface area contributed by atoms with Crippen molar-refractivity contribution in [2.75, 3.05) is 31.5 Å². The third-order valence-electron chi connectivity index (χ3n) is 5.18. The maximum absolute atomic E-state index is 13.5. The van der Waals surface area contributed by atoms with E-state index in [1.54, 1.807) is 73.8 Å². The molecule has 1 aliphatic rings. The van der Waals surface area contributed by atoms with Crippen molar-refractivity contribution < 1.29 is 23.8 Å². The van der Waals surface area contributed by atoms with Crippen LogP contribution in [0.25, 0.3) is 5.57 Å². The van der Waals surface area contributed by atoms with E-state index in [2.05, 4.69) is 5.32 Å². The Bertz CT molecular complexity index is 1250. The Morgan fingerprint density at radius 2 is 1.52 bits per heavy atom. The summed E-state index contributed by atoms with van der Waals surface area (Å²) >= 11 is 6.12. The summed E-state index contributed by atoms with van der Waals surface area (Å²) in [5, 5.41) is 3.52. The second kappa shape index (κ2) is 9.26. The molecule has 3 aromatic rings. The zero-order chi connectivity index (χ0) is 23.5. The second-order valence-electron chi connectivity index (χ2n) is 7.10. The average molecular weight is 465 g/mol. The first-order valence-corrected chi connectivity index (χ1v) is 10.4. The molecule has 168 valence electrons. The first kappa shape index (κ1) is 22.2. The molecule has 0 radical (unpaired) electrons. The summed E-state index contributed by atoms with van der Waals surface area (Å²) < 4.78 is 15.9. The fourth-order valence-corrected chi connectivity index (χ4v) is 3.76. The Morgan fingerprint density at radius 3 is 2.15 bits per heavy atom. The average Bonchev–Trinajstić information content (AvgIpc) is 3.08. The third-order valence-corrected chi connectivity index (χ3v) is 5.42. The molecule has 0 atom stereocenters. The topological polar surface area (TPSA) is 77.1 Å². The summed E-state index contributed by atoms with van der Waals surface area (Å²) in [6.07, 6.45) is 0. The van der Waals surface area contributed by atoms with Gasteiger partial charge in [0.15, 0.2) is 11.5 Å². The molecule has 3 aromatic carbocycles. The van der Waals surface area contributed by atoms with Crippen molar-refractivity contribution in [3.8, 4) is 17.2 Å². The minimum absolute atomic E-state index is 0.136. The molecule has 2 amide bonds. The number of nitrogens with one attached hydrogen (secondary N) is 1. The lowest BCUT2D eigenvalue weighted by atomic mass is 10.0. The molecule has 0 aromatic heterocycles. The van der Waals surface area contributed by atoms with Crippen molar-refractivity contribution in [3.63, 3.8) is 0 Å². The molecule has 0 spiro atoms. The van der Waals surface area contributed by atoms with E-state index in [1.807, 2.05) is 0 Å². The van der Waals surface area contributed by atoms with Crippen molar-refractivity contribution >= 4 is 40.4 Å². The van der Waals surface area contributed by atoms with Gasteiger partial charge < -0.3 is 19.5 Å². The van der Waals surface area contributed by atoms with E-state index in [0.717, 1.165) is 4.90 Å². The monoisotopic (exact) mass is 464 g/mol. The highest BCUT2D eigenvalue weighted by molar-refractivity contribution is 6.46. The molecule has 0 aliphatic carbocycles. The second-order valence-corrected chi connectivity index (χ2v) is 7.54. The molecule has 8 heteroatoms. The smallest absolute Gasteiger partial charge is 0.282 e. The van der Waals surface area contributed by atoms with E-state index in [4.69, 9.17) is 25.8 Å². The highest BCUT2D eigenvalue weighted by Gasteiger charge is 2.40. The van der Waals surface area contributed by atoms with Crippen LogP contribution >= 0.6 is 11.6 Å². The lowest BCUT2D eigenvalue weighted by Crippen LogP contribution is -2.32. The van der Waals surface area contributed by atoms with Crippen molar-refractivity contribution in [3.05, 3.63) is 83.0 Å². The molecular weight excluding hydrogens is 444 g/mol. The van der Waals surface area contributed by atoms with Crippen LogP contribution in [0.15, 0.2) is 72.4 Å². The lowest BCUT2D eigenvalue weighted by molar-refractivity contribution is -0.120. The van der Waals surface area contributed by atoms with E-state index >= 15 is 0 Å². The summed E-state index contributed by atoms with van der Waals surface area (Å²) in [4.78, 5) is 28.1. The number of anilines is 2. The van der Waals surface area contributed by atoms with Gasteiger partial charge in [0, 0.05) is 16.8 Å². The van der Waals surface area contributed by atoms with Gasteiger partial charge in [0.2, 0.25) is 0 Å². The van der Waals surface area contributed by atoms with Crippen LogP contribution in [0.1, 0.15) is 5.56 Å². The number of rotatable bonds is 7. The lowest BCUT2D eigenvalue weighted by Gasteiger charge is -2.16. The van der Waals surface area contributed by atoms with Gasteiger partial charge in [0.25, 0.3) is 11.8 Å². The molecule has 0 unspecified atom stereocenters. The SMILES string of the molecule is COc1ccc(C2=C(Nc3ccc(OC)c(OC)c3)C(=O)N(c3cccc(Cl)c3)C2=O)cc1. The van der Waals surface area contributed by atoms with Crippen LogP contribution in [0.3, 0.4) is 0 Å². The number of nitrogens with zero attached hydrogens (tertiary/aromatic N) is 1. The summed E-state index contributed by atoms with van der Waals surface area (Å²) in [6, 6.07) is 18.7. The first-order valence-electron chi connectivity index (χ1n) is 9.99. The minimum Gasteiger partial charge on any atom is -0.497 e. The van der Waals surface area contributed by atoms with E-state index in [9.17, 15) is 9.59 Å². The standard InChI is InChI=1S/C25H21ClN2O5/c1-31-19-10-7-15(8-11-19)22-23(27-17-9-12-20(32-2)21(14-17)33-3)25(30)28(24(22)29)18-6-4-5-16(26)13-18/h4-14,27H,1-3H3. The van der Waals surface area contributed by atoms with Gasteiger partial charge >= 0.3 is 0 Å². The van der Waals surface area contributed by atoms with Gasteiger partial charge in [0.05, 0.1) is 32.6 Å². The Labute approximate surface area is 196 Å². The number of halogens is 1. The summed E-state index contributed by atoms with van der Waals surface area (Å²) in [5.74, 6) is 0.704. The summed E-state index contributed by atoms with van der Waals surface area (Å²) in [7, 11) is 4.62. The predicted octanol–water partition coefficient (Wildman–Crippen LogP) is 4.76. The van der Waals surface area contributed by atoms with E-state index in [-0.39, 0.29) is 11.3 Å². The van der Waals surface area contributed by atoms with Crippen molar-refractivity contribution in [2.24, 2.45) is 0 Å². The Balaban J connectivity index is 1.81. The summed E-state index contributed by atoms with van der Waals surface area (Å²) in [5.41, 5.74) is 1.88. The number of hydrogen-bond donors (Lipinski definition) is 1. The molecule has 1 heterocycles. The van der Waals surface area contributed by atoms with E-state index < -0.39 is 11.8 Å². The zero-order valence-electron chi connectivity index (χ0n) is 18.2. The molecule has 4 rings (SSSR count). The Kier molecular flexibility index (Phi) is 6.24. The molecule has 7 nitrogen and oxygen atoms in total. The predicted molar refractivity (Wildman–Crippen MR) is 127 cm³/mol. The van der Waals surface area contributed by atoms with Crippen LogP contribution in [0.5, 0.6) is 17.2 Å². The molecule has 1 aliphatic heterocycles. The largest absolute Gasteiger partial charge is 0.497 e. The highest BCUT2D eigenvalue weighted by Crippen LogP contribution is 2.36. The molecule has 0 saturated carbocycles. The maximum Gasteiger partial charge on any atom is 0.282 e. The van der Waals surface area contributed by atoms with Crippen molar-refractivity contribution in [1.29, 1.82) is 0 Å². The number of carbonyl (C=O) groups excluding carboxylic acids is 2. The Morgan fingerprint density at radius 1 is 0.788 bits per heavy atom. The molecule has 0 saturated heterocycles. The number of methoxy groups -OCH3 is 3. The third kappa shape index (κ3) is 4.23. The number of benzene rings is 3. The van der Waals surface area contributed by atoms with Gasteiger partial charge in [-0.3, -0.25) is 9.59 Å². The number of hydrogen-bond acceptors (Lipinski definition) is 6. The molecule has 1 N–H and O–H groups in total. The quantitative estimate of drug-likeness (QED) is 0.508. The van der Waals surface area contributed by atoms with Crippen LogP contribution in [0, 0.1) is 0 Å². The van der Waals surface area contributed by atoms with Crippen LogP contribution in [0.4, 0.5) is 11.4 Å². The van der Waals surface area contributed by atoms with Crippen LogP contribution < -0.4 is 24.4 Å².